The van der Waals surface area contributed by atoms with Gasteiger partial charge in [-0.15, -0.1) is 0 Å². The number of allylic oxidation sites excluding steroid dienone is 1. The van der Waals surface area contributed by atoms with Gasteiger partial charge < -0.3 is 0 Å². The summed E-state index contributed by atoms with van der Waals surface area (Å²) in [6.45, 7) is 9.28. The Morgan fingerprint density at radius 2 is 1.73 bits per heavy atom. The van der Waals surface area contributed by atoms with E-state index >= 15 is 0 Å². The van der Waals surface area contributed by atoms with Gasteiger partial charge in [0.2, 0.25) is 0 Å². The summed E-state index contributed by atoms with van der Waals surface area (Å²) in [6, 6.07) is 3.90. The largest absolute Gasteiger partial charge is 0.197 e. The summed E-state index contributed by atoms with van der Waals surface area (Å²) < 4.78 is 0. The van der Waals surface area contributed by atoms with E-state index in [9.17, 15) is 0 Å². The van der Waals surface area contributed by atoms with Crippen LogP contribution in [0.25, 0.3) is 0 Å². The van der Waals surface area contributed by atoms with Crippen molar-refractivity contribution in [2.24, 2.45) is 11.3 Å². The molecule has 0 bridgehead atoms. The lowest BCUT2D eigenvalue weighted by Gasteiger charge is -2.25. The average Bonchev–Trinajstić information content (AvgIpc) is 1.89. The predicted molar refractivity (Wildman–Crippen MR) is 43.3 cm³/mol. The van der Waals surface area contributed by atoms with Crippen LogP contribution >= 0.6 is 0 Å². The fourth-order valence-electron chi connectivity index (χ4n) is 0.598. The summed E-state index contributed by atoms with van der Waals surface area (Å²) in [5, 5.41) is 17.2. The molecule has 0 unspecified atom stereocenters. The molecule has 0 atom stereocenters. The molecule has 0 heterocycles. The summed E-state index contributed by atoms with van der Waals surface area (Å²) in [6.07, 6.45) is 0. The lowest BCUT2D eigenvalue weighted by molar-refractivity contribution is 0.389. The second kappa shape index (κ2) is 3.21. The zero-order valence-electron chi connectivity index (χ0n) is 7.18. The molecule has 0 spiro atoms. The summed E-state index contributed by atoms with van der Waals surface area (Å²) in [4.78, 5) is 0. The molecular formula is C9H12N2. The number of hydrogen-bond acceptors (Lipinski definition) is 2. The topological polar surface area (TPSA) is 47.6 Å². The average molecular weight is 148 g/mol. The van der Waals surface area contributed by atoms with Crippen LogP contribution in [-0.4, -0.2) is 0 Å². The van der Waals surface area contributed by atoms with Crippen molar-refractivity contribution in [3.05, 3.63) is 12.2 Å². The molecule has 0 amide bonds. The Balaban J connectivity index is 4.72. The highest BCUT2D eigenvalue weighted by molar-refractivity contribution is 5.17. The van der Waals surface area contributed by atoms with Crippen molar-refractivity contribution in [3.63, 3.8) is 0 Å². The minimum Gasteiger partial charge on any atom is -0.197 e. The molecule has 2 heteroatoms. The van der Waals surface area contributed by atoms with Gasteiger partial charge in [-0.2, -0.15) is 10.5 Å². The SMILES string of the molecule is C=C(C)C(C)(C)C(C#N)C#N. The fraction of sp³-hybridized carbons (Fsp3) is 0.556. The molecule has 0 fully saturated rings. The van der Waals surface area contributed by atoms with E-state index in [1.54, 1.807) is 0 Å². The standard InChI is InChI=1S/C9H12N2/c1-7(2)9(3,4)8(5-10)6-11/h8H,1H2,2-4H3. The molecule has 0 aromatic heterocycles. The van der Waals surface area contributed by atoms with Gasteiger partial charge in [0.05, 0.1) is 12.1 Å². The molecule has 11 heavy (non-hydrogen) atoms. The molecule has 0 aromatic rings. The monoisotopic (exact) mass is 148 g/mol. The molecule has 0 aliphatic rings. The van der Waals surface area contributed by atoms with Crippen molar-refractivity contribution in [3.8, 4) is 12.1 Å². The van der Waals surface area contributed by atoms with Gasteiger partial charge in [0.25, 0.3) is 0 Å². The maximum atomic E-state index is 8.60. The van der Waals surface area contributed by atoms with Crippen molar-refractivity contribution < 1.29 is 0 Å². The van der Waals surface area contributed by atoms with Gasteiger partial charge in [0, 0.05) is 5.41 Å². The Labute approximate surface area is 67.8 Å². The molecule has 2 nitrogen and oxygen atoms in total. The molecule has 0 aliphatic heterocycles. The molecular weight excluding hydrogens is 136 g/mol. The smallest absolute Gasteiger partial charge is 0.142 e. The van der Waals surface area contributed by atoms with Crippen molar-refractivity contribution in [2.45, 2.75) is 20.8 Å². The highest BCUT2D eigenvalue weighted by Crippen LogP contribution is 2.32. The second-order valence-electron chi connectivity index (χ2n) is 3.19. The van der Waals surface area contributed by atoms with Gasteiger partial charge in [-0.05, 0) is 6.92 Å². The van der Waals surface area contributed by atoms with E-state index in [0.717, 1.165) is 5.57 Å². The lowest BCUT2D eigenvalue weighted by Crippen LogP contribution is -2.22. The van der Waals surface area contributed by atoms with Gasteiger partial charge in [-0.1, -0.05) is 26.0 Å². The zero-order valence-corrected chi connectivity index (χ0v) is 7.18. The van der Waals surface area contributed by atoms with Crippen LogP contribution < -0.4 is 0 Å². The van der Waals surface area contributed by atoms with Crippen LogP contribution in [0.3, 0.4) is 0 Å². The maximum Gasteiger partial charge on any atom is 0.142 e. The molecule has 0 saturated carbocycles. The highest BCUT2D eigenvalue weighted by atomic mass is 14.4. The Morgan fingerprint density at radius 3 is 1.82 bits per heavy atom. The third kappa shape index (κ3) is 1.82. The first kappa shape index (κ1) is 9.72. The molecule has 0 aromatic carbocycles. The lowest BCUT2D eigenvalue weighted by atomic mass is 9.75. The molecule has 0 radical (unpaired) electrons. The van der Waals surface area contributed by atoms with E-state index in [4.69, 9.17) is 10.5 Å². The first-order valence-corrected chi connectivity index (χ1v) is 3.42. The van der Waals surface area contributed by atoms with Crippen LogP contribution in [0.4, 0.5) is 0 Å². The predicted octanol–water partition coefficient (Wildman–Crippen LogP) is 2.25. The van der Waals surface area contributed by atoms with Crippen molar-refractivity contribution in [1.82, 2.24) is 0 Å². The van der Waals surface area contributed by atoms with Crippen LogP contribution in [-0.2, 0) is 0 Å². The second-order valence-corrected chi connectivity index (χ2v) is 3.19. The van der Waals surface area contributed by atoms with Crippen LogP contribution in [0.1, 0.15) is 20.8 Å². The van der Waals surface area contributed by atoms with Crippen LogP contribution in [0, 0.1) is 34.0 Å². The maximum absolute atomic E-state index is 8.60. The van der Waals surface area contributed by atoms with Crippen molar-refractivity contribution in [2.75, 3.05) is 0 Å². The zero-order chi connectivity index (χ0) is 9.07. The van der Waals surface area contributed by atoms with E-state index in [-0.39, 0.29) is 0 Å². The minimum absolute atomic E-state index is 0.399. The van der Waals surface area contributed by atoms with Crippen molar-refractivity contribution >= 4 is 0 Å². The molecule has 0 rings (SSSR count). The first-order valence-electron chi connectivity index (χ1n) is 3.42. The summed E-state index contributed by atoms with van der Waals surface area (Å²) in [5.41, 5.74) is 0.467. The van der Waals surface area contributed by atoms with E-state index < -0.39 is 11.3 Å². The summed E-state index contributed by atoms with van der Waals surface area (Å²) >= 11 is 0. The summed E-state index contributed by atoms with van der Waals surface area (Å²) in [5.74, 6) is -0.597. The normalized spacial score (nSPS) is 10.4. The number of nitriles is 2. The Bertz CT molecular complexity index is 223. The minimum atomic E-state index is -0.597. The molecule has 58 valence electrons. The van der Waals surface area contributed by atoms with E-state index in [2.05, 4.69) is 6.58 Å². The van der Waals surface area contributed by atoms with Crippen molar-refractivity contribution in [1.29, 1.82) is 10.5 Å². The first-order chi connectivity index (χ1) is 4.96. The van der Waals surface area contributed by atoms with Gasteiger partial charge in [-0.3, -0.25) is 0 Å². The molecule has 0 saturated heterocycles. The summed E-state index contributed by atoms with van der Waals surface area (Å²) in [7, 11) is 0. The number of rotatable bonds is 2. The molecule has 0 aliphatic carbocycles. The third-order valence-electron chi connectivity index (χ3n) is 2.08. The highest BCUT2D eigenvalue weighted by Gasteiger charge is 2.30. The van der Waals surface area contributed by atoms with Crippen LogP contribution in [0.5, 0.6) is 0 Å². The Kier molecular flexibility index (Phi) is 2.84. The Hall–Kier alpha value is -1.28. The third-order valence-corrected chi connectivity index (χ3v) is 2.08. The van der Waals surface area contributed by atoms with Gasteiger partial charge in [-0.25, -0.2) is 0 Å². The van der Waals surface area contributed by atoms with E-state index in [1.807, 2.05) is 32.9 Å². The van der Waals surface area contributed by atoms with Gasteiger partial charge in [0.15, 0.2) is 0 Å². The van der Waals surface area contributed by atoms with Gasteiger partial charge >= 0.3 is 0 Å². The van der Waals surface area contributed by atoms with E-state index in [1.165, 1.54) is 0 Å². The molecule has 0 N–H and O–H groups in total. The van der Waals surface area contributed by atoms with Crippen LogP contribution in [0.2, 0.25) is 0 Å². The van der Waals surface area contributed by atoms with Crippen LogP contribution in [0.15, 0.2) is 12.2 Å². The fourth-order valence-corrected chi connectivity index (χ4v) is 0.598. The quantitative estimate of drug-likeness (QED) is 0.564. The Morgan fingerprint density at radius 1 is 1.36 bits per heavy atom. The van der Waals surface area contributed by atoms with E-state index in [0.29, 0.717) is 0 Å². The number of hydrogen-bond donors (Lipinski definition) is 0. The van der Waals surface area contributed by atoms with Gasteiger partial charge in [0.1, 0.15) is 5.92 Å². The number of nitrogens with zero attached hydrogens (tertiary/aromatic N) is 2.